The molecule has 0 atom stereocenters. The van der Waals surface area contributed by atoms with E-state index in [2.05, 4.69) is 11.2 Å². The van der Waals surface area contributed by atoms with Gasteiger partial charge in [-0.25, -0.2) is 0 Å². The minimum Gasteiger partial charge on any atom is -0.329 e. The van der Waals surface area contributed by atoms with Crippen molar-refractivity contribution in [1.82, 2.24) is 5.32 Å². The van der Waals surface area contributed by atoms with Crippen molar-refractivity contribution in [2.45, 2.75) is 37.6 Å². The van der Waals surface area contributed by atoms with Gasteiger partial charge in [0.05, 0.1) is 6.54 Å². The van der Waals surface area contributed by atoms with Crippen LogP contribution < -0.4 is 11.1 Å². The zero-order valence-corrected chi connectivity index (χ0v) is 7.60. The van der Waals surface area contributed by atoms with E-state index in [-0.39, 0.29) is 5.54 Å². The molecule has 1 aliphatic rings. The van der Waals surface area contributed by atoms with Gasteiger partial charge in [0, 0.05) is 12.1 Å². The van der Waals surface area contributed by atoms with Crippen molar-refractivity contribution in [2.75, 3.05) is 13.1 Å². The van der Waals surface area contributed by atoms with Crippen molar-refractivity contribution in [3.63, 3.8) is 0 Å². The monoisotopic (exact) mass is 166 g/mol. The molecule has 0 aromatic rings. The summed E-state index contributed by atoms with van der Waals surface area (Å²) in [7, 11) is 0. The first-order valence-corrected chi connectivity index (χ1v) is 4.71. The number of rotatable bonds is 3. The van der Waals surface area contributed by atoms with E-state index >= 15 is 0 Å². The maximum Gasteiger partial charge on any atom is 0.0578 e. The third kappa shape index (κ3) is 2.23. The summed E-state index contributed by atoms with van der Waals surface area (Å²) in [5, 5.41) is 3.37. The molecule has 0 aromatic heterocycles. The van der Waals surface area contributed by atoms with E-state index in [0.29, 0.717) is 13.1 Å². The molecule has 68 valence electrons. The molecule has 1 rings (SSSR count). The van der Waals surface area contributed by atoms with E-state index in [4.69, 9.17) is 12.2 Å². The highest BCUT2D eigenvalue weighted by Gasteiger charge is 2.29. The summed E-state index contributed by atoms with van der Waals surface area (Å²) in [6.45, 7) is 1.37. The van der Waals surface area contributed by atoms with E-state index in [1.807, 2.05) is 0 Å². The molecule has 0 bridgehead atoms. The number of hydrogen-bond donors (Lipinski definition) is 2. The lowest BCUT2D eigenvalue weighted by Gasteiger charge is -2.36. The van der Waals surface area contributed by atoms with Crippen LogP contribution in [0.3, 0.4) is 0 Å². The highest BCUT2D eigenvalue weighted by Crippen LogP contribution is 2.26. The van der Waals surface area contributed by atoms with Crippen LogP contribution in [-0.2, 0) is 0 Å². The molecule has 0 spiro atoms. The van der Waals surface area contributed by atoms with Crippen molar-refractivity contribution in [1.29, 1.82) is 0 Å². The van der Waals surface area contributed by atoms with Gasteiger partial charge < -0.3 is 5.73 Å². The van der Waals surface area contributed by atoms with E-state index in [0.717, 1.165) is 0 Å². The molecule has 0 aliphatic heterocycles. The Labute approximate surface area is 74.9 Å². The lowest BCUT2D eigenvalue weighted by Crippen LogP contribution is -2.52. The predicted molar refractivity (Wildman–Crippen MR) is 51.7 cm³/mol. The van der Waals surface area contributed by atoms with Gasteiger partial charge in [0.2, 0.25) is 0 Å². The topological polar surface area (TPSA) is 38.0 Å². The standard InChI is InChI=1S/C10H18N2/c1-2-8-12-10(9-11)6-4-3-5-7-10/h1,12H,3-9,11H2. The minimum absolute atomic E-state index is 0.157. The normalized spacial score (nSPS) is 21.7. The molecule has 1 aliphatic carbocycles. The zero-order valence-electron chi connectivity index (χ0n) is 7.60. The fourth-order valence-corrected chi connectivity index (χ4v) is 1.92. The first-order chi connectivity index (χ1) is 5.83. The summed E-state index contributed by atoms with van der Waals surface area (Å²) < 4.78 is 0. The fraction of sp³-hybridized carbons (Fsp3) is 0.800. The van der Waals surface area contributed by atoms with Gasteiger partial charge >= 0.3 is 0 Å². The van der Waals surface area contributed by atoms with E-state index in [1.54, 1.807) is 0 Å². The highest BCUT2D eigenvalue weighted by atomic mass is 15.0. The lowest BCUT2D eigenvalue weighted by atomic mass is 9.82. The Morgan fingerprint density at radius 1 is 1.33 bits per heavy atom. The van der Waals surface area contributed by atoms with Crippen molar-refractivity contribution >= 4 is 0 Å². The Hall–Kier alpha value is -0.520. The average molecular weight is 166 g/mol. The quantitative estimate of drug-likeness (QED) is 0.611. The Morgan fingerprint density at radius 3 is 2.50 bits per heavy atom. The molecular formula is C10H18N2. The summed E-state index contributed by atoms with van der Waals surface area (Å²) in [6, 6.07) is 0. The molecule has 2 nitrogen and oxygen atoms in total. The van der Waals surface area contributed by atoms with Gasteiger partial charge in [0.25, 0.3) is 0 Å². The fourth-order valence-electron chi connectivity index (χ4n) is 1.92. The smallest absolute Gasteiger partial charge is 0.0578 e. The summed E-state index contributed by atoms with van der Waals surface area (Å²) >= 11 is 0. The van der Waals surface area contributed by atoms with Crippen LogP contribution in [0, 0.1) is 12.3 Å². The number of hydrogen-bond acceptors (Lipinski definition) is 2. The first kappa shape index (κ1) is 9.57. The Kier molecular flexibility index (Phi) is 3.58. The predicted octanol–water partition coefficient (Wildman–Crippen LogP) is 0.871. The number of nitrogens with two attached hydrogens (primary N) is 1. The van der Waals surface area contributed by atoms with Crippen molar-refractivity contribution in [2.24, 2.45) is 5.73 Å². The van der Waals surface area contributed by atoms with Crippen LogP contribution in [0.2, 0.25) is 0 Å². The summed E-state index contributed by atoms with van der Waals surface area (Å²) in [4.78, 5) is 0. The summed E-state index contributed by atoms with van der Waals surface area (Å²) in [6.07, 6.45) is 11.5. The number of terminal acetylenes is 1. The molecule has 3 N–H and O–H groups in total. The summed E-state index contributed by atoms with van der Waals surface area (Å²) in [5.41, 5.74) is 5.91. The molecule has 1 saturated carbocycles. The third-order valence-corrected chi connectivity index (χ3v) is 2.77. The third-order valence-electron chi connectivity index (χ3n) is 2.77. The molecule has 0 aromatic carbocycles. The van der Waals surface area contributed by atoms with Crippen LogP contribution in [0.25, 0.3) is 0 Å². The average Bonchev–Trinajstić information content (AvgIpc) is 2.16. The van der Waals surface area contributed by atoms with E-state index in [9.17, 15) is 0 Å². The van der Waals surface area contributed by atoms with Crippen LogP contribution in [-0.4, -0.2) is 18.6 Å². The van der Waals surface area contributed by atoms with Gasteiger partial charge in [-0.15, -0.1) is 6.42 Å². The second-order valence-electron chi connectivity index (χ2n) is 3.60. The molecule has 12 heavy (non-hydrogen) atoms. The Balaban J connectivity index is 2.43. The second kappa shape index (κ2) is 4.49. The molecule has 0 saturated heterocycles. The van der Waals surface area contributed by atoms with Crippen LogP contribution in [0.15, 0.2) is 0 Å². The number of nitrogens with one attached hydrogen (secondary N) is 1. The largest absolute Gasteiger partial charge is 0.329 e. The molecule has 0 radical (unpaired) electrons. The van der Waals surface area contributed by atoms with Gasteiger partial charge in [0.1, 0.15) is 0 Å². The maximum atomic E-state index is 5.75. The molecule has 0 amide bonds. The molecule has 1 fully saturated rings. The van der Waals surface area contributed by atoms with Gasteiger partial charge in [-0.3, -0.25) is 5.32 Å². The van der Waals surface area contributed by atoms with Gasteiger partial charge in [-0.05, 0) is 12.8 Å². The molecular weight excluding hydrogens is 148 g/mol. The van der Waals surface area contributed by atoms with Gasteiger partial charge in [-0.2, -0.15) is 0 Å². The molecule has 0 unspecified atom stereocenters. The summed E-state index contributed by atoms with van der Waals surface area (Å²) in [5.74, 6) is 2.61. The van der Waals surface area contributed by atoms with Gasteiger partial charge in [0.15, 0.2) is 0 Å². The van der Waals surface area contributed by atoms with Crippen molar-refractivity contribution in [3.8, 4) is 12.3 Å². The Bertz CT molecular complexity index is 163. The van der Waals surface area contributed by atoms with Gasteiger partial charge in [-0.1, -0.05) is 25.2 Å². The molecule has 2 heteroatoms. The van der Waals surface area contributed by atoms with Crippen LogP contribution in [0.1, 0.15) is 32.1 Å². The first-order valence-electron chi connectivity index (χ1n) is 4.71. The van der Waals surface area contributed by atoms with Crippen LogP contribution >= 0.6 is 0 Å². The maximum absolute atomic E-state index is 5.75. The molecule has 0 heterocycles. The minimum atomic E-state index is 0.157. The van der Waals surface area contributed by atoms with Crippen LogP contribution in [0.4, 0.5) is 0 Å². The van der Waals surface area contributed by atoms with Crippen molar-refractivity contribution in [3.05, 3.63) is 0 Å². The SMILES string of the molecule is C#CCNC1(CN)CCCCC1. The van der Waals surface area contributed by atoms with Crippen LogP contribution in [0.5, 0.6) is 0 Å². The van der Waals surface area contributed by atoms with E-state index in [1.165, 1.54) is 32.1 Å². The van der Waals surface area contributed by atoms with E-state index < -0.39 is 0 Å². The van der Waals surface area contributed by atoms with Crippen molar-refractivity contribution < 1.29 is 0 Å². The zero-order chi connectivity index (χ0) is 8.86. The highest BCUT2D eigenvalue weighted by molar-refractivity contribution is 4.97. The Morgan fingerprint density at radius 2 is 2.00 bits per heavy atom. The second-order valence-corrected chi connectivity index (χ2v) is 3.60. The lowest BCUT2D eigenvalue weighted by molar-refractivity contribution is 0.248.